The van der Waals surface area contributed by atoms with Crippen molar-refractivity contribution in [3.63, 3.8) is 0 Å². The molecule has 13 aromatic carbocycles. The highest BCUT2D eigenvalue weighted by atomic mass is 32.1. The lowest BCUT2D eigenvalue weighted by atomic mass is 10.0. The van der Waals surface area contributed by atoms with Crippen LogP contribution < -0.4 is 9.80 Å². The van der Waals surface area contributed by atoms with E-state index < -0.39 is 0 Å². The second kappa shape index (κ2) is 22.1. The highest BCUT2D eigenvalue weighted by Crippen LogP contribution is 2.49. The molecule has 8 heteroatoms. The van der Waals surface area contributed by atoms with Gasteiger partial charge in [0.05, 0.1) is 18.8 Å². The molecule has 0 unspecified atom stereocenters. The van der Waals surface area contributed by atoms with Crippen molar-refractivity contribution in [3.8, 4) is 33.4 Å². The van der Waals surface area contributed by atoms with Crippen LogP contribution in [0.25, 0.3) is 133 Å². The minimum Gasteiger partial charge on any atom is -0.311 e. The van der Waals surface area contributed by atoms with E-state index in [4.69, 9.17) is 0 Å². The first-order valence-electron chi connectivity index (χ1n) is 30.1. The van der Waals surface area contributed by atoms with E-state index in [9.17, 15) is 0 Å². The van der Waals surface area contributed by atoms with Gasteiger partial charge >= 0.3 is 0 Å². The van der Waals surface area contributed by atoms with Crippen LogP contribution in [0.1, 0.15) is 0 Å². The molecule has 0 aliphatic rings. The summed E-state index contributed by atoms with van der Waals surface area (Å²) in [5.74, 6) is 0. The zero-order valence-corrected chi connectivity index (χ0v) is 53.1. The molecule has 0 bridgehead atoms. The van der Waals surface area contributed by atoms with Gasteiger partial charge in [0.25, 0.3) is 0 Å². The quantitative estimate of drug-likeness (QED) is 0.142. The van der Waals surface area contributed by atoms with Crippen molar-refractivity contribution in [3.05, 3.63) is 303 Å². The van der Waals surface area contributed by atoms with Crippen molar-refractivity contribution in [2.24, 2.45) is 0 Å². The van der Waals surface area contributed by atoms with Crippen LogP contribution in [0.2, 0.25) is 0 Å². The summed E-state index contributed by atoms with van der Waals surface area (Å²) in [4.78, 5) is 4.71. The minimum atomic E-state index is 1.13. The molecule has 6 heterocycles. The lowest BCUT2D eigenvalue weighted by molar-refractivity contribution is 1.28. The van der Waals surface area contributed by atoms with Gasteiger partial charge in [-0.25, -0.2) is 0 Å². The molecule has 90 heavy (non-hydrogen) atoms. The van der Waals surface area contributed by atoms with E-state index in [1.54, 1.807) is 0 Å². The maximum atomic E-state index is 2.38. The smallest absolute Gasteiger partial charge is 0.0542 e. The fraction of sp³-hybridized carbons (Fsp3) is 0. The summed E-state index contributed by atoms with van der Waals surface area (Å²) < 4.78 is 16.4. The predicted molar refractivity (Wildman–Crippen MR) is 401 cm³/mol. The molecule has 0 fully saturated rings. The highest BCUT2D eigenvalue weighted by molar-refractivity contribution is 7.37. The molecule has 0 saturated carbocycles. The third-order valence-electron chi connectivity index (χ3n) is 17.4. The Morgan fingerprint density at radius 1 is 0.156 bits per heavy atom. The topological polar surface area (TPSA) is 6.48 Å². The molecule has 424 valence electrons. The van der Waals surface area contributed by atoms with E-state index in [1.807, 2.05) is 68.0 Å². The average molecular weight is 1260 g/mol. The Morgan fingerprint density at radius 3 is 0.989 bits per heavy atom. The summed E-state index contributed by atoms with van der Waals surface area (Å²) in [6.07, 6.45) is 0. The Labute approximate surface area is 543 Å². The van der Waals surface area contributed by atoms with Crippen LogP contribution in [0.15, 0.2) is 303 Å². The normalized spacial score (nSPS) is 11.8. The first kappa shape index (κ1) is 53.3. The molecule has 0 aliphatic heterocycles. The first-order valence-corrected chi connectivity index (χ1v) is 35.0. The van der Waals surface area contributed by atoms with Gasteiger partial charge in [-0.15, -0.1) is 68.0 Å². The van der Waals surface area contributed by atoms with E-state index in [0.717, 1.165) is 34.1 Å². The molecule has 0 radical (unpaired) electrons. The predicted octanol–water partition coefficient (Wildman–Crippen LogP) is 27.2. The highest BCUT2D eigenvalue weighted by Gasteiger charge is 2.20. The van der Waals surface area contributed by atoms with Crippen LogP contribution in [0, 0.1) is 0 Å². The van der Waals surface area contributed by atoms with E-state index in [1.165, 1.54) is 133 Å². The van der Waals surface area contributed by atoms with Crippen molar-refractivity contribution in [2.45, 2.75) is 0 Å². The van der Waals surface area contributed by atoms with Crippen LogP contribution in [0.4, 0.5) is 34.1 Å². The second-order valence-electron chi connectivity index (χ2n) is 22.7. The molecule has 0 atom stereocenters. The van der Waals surface area contributed by atoms with Crippen LogP contribution in [0.5, 0.6) is 0 Å². The van der Waals surface area contributed by atoms with Gasteiger partial charge in [0.15, 0.2) is 0 Å². The molecule has 0 N–H and O–H groups in total. The van der Waals surface area contributed by atoms with Crippen LogP contribution in [0.3, 0.4) is 0 Å². The summed E-state index contributed by atoms with van der Waals surface area (Å²) in [6, 6.07) is 111. The maximum absolute atomic E-state index is 2.38. The molecular weight excluding hydrogens is 1210 g/mol. The molecule has 0 aliphatic carbocycles. The van der Waals surface area contributed by atoms with Crippen molar-refractivity contribution in [1.29, 1.82) is 0 Å². The number of rotatable bonds is 9. The van der Waals surface area contributed by atoms with E-state index in [0.29, 0.717) is 0 Å². The SMILES string of the molecule is c1ccc(N(c2ccc(-c3ccc4c(c3)sc3c5ccccc5sc43)cc2)c2ccc(-c3ccc4sc5ccccc5c4c3)cc2)cc1.c1ccc(N(c2cccc(-c3ccc4c(c3)sc3c5ccccc5sc43)c2)c2ccc3sc4ccccc4c3c2)cc1. The fourth-order valence-corrected chi connectivity index (χ4v) is 20.6. The van der Waals surface area contributed by atoms with Crippen molar-refractivity contribution < 1.29 is 0 Å². The molecule has 19 aromatic rings. The molecule has 0 amide bonds. The number of hydrogen-bond acceptors (Lipinski definition) is 8. The Kier molecular flexibility index (Phi) is 13.1. The molecule has 2 nitrogen and oxygen atoms in total. The molecule has 0 spiro atoms. The van der Waals surface area contributed by atoms with Gasteiger partial charge in [0.1, 0.15) is 0 Å². The van der Waals surface area contributed by atoms with E-state index in [-0.39, 0.29) is 0 Å². The summed E-state index contributed by atoms with van der Waals surface area (Å²) in [5, 5.41) is 10.7. The first-order chi connectivity index (χ1) is 44.6. The van der Waals surface area contributed by atoms with Gasteiger partial charge in [-0.2, -0.15) is 0 Å². The van der Waals surface area contributed by atoms with Crippen molar-refractivity contribution in [2.75, 3.05) is 9.80 Å². The van der Waals surface area contributed by atoms with E-state index in [2.05, 4.69) is 313 Å². The van der Waals surface area contributed by atoms with Crippen LogP contribution in [-0.2, 0) is 0 Å². The fourth-order valence-electron chi connectivity index (χ4n) is 13.0. The third kappa shape index (κ3) is 9.29. The molecule has 0 saturated heterocycles. The van der Waals surface area contributed by atoms with Gasteiger partial charge in [-0.1, -0.05) is 176 Å². The van der Waals surface area contributed by atoms with Gasteiger partial charge in [0.2, 0.25) is 0 Å². The average Bonchev–Trinajstić information content (AvgIpc) is 2.35. The van der Waals surface area contributed by atoms with Crippen LogP contribution in [-0.4, -0.2) is 0 Å². The molecule has 6 aromatic heterocycles. The Bertz CT molecular complexity index is 5920. The minimum absolute atomic E-state index is 1.13. The lowest BCUT2D eigenvalue weighted by Gasteiger charge is -2.26. The van der Waals surface area contributed by atoms with Gasteiger partial charge in [0, 0.05) is 115 Å². The van der Waals surface area contributed by atoms with Gasteiger partial charge in [-0.3, -0.25) is 0 Å². The summed E-state index contributed by atoms with van der Waals surface area (Å²) in [5.41, 5.74) is 14.3. The largest absolute Gasteiger partial charge is 0.311 e. The van der Waals surface area contributed by atoms with Crippen molar-refractivity contribution >= 4 is 202 Å². The number of benzene rings is 13. The second-order valence-corrected chi connectivity index (χ2v) is 29.1. The zero-order valence-electron chi connectivity index (χ0n) is 48.2. The lowest BCUT2D eigenvalue weighted by Crippen LogP contribution is -2.09. The number of anilines is 6. The Balaban J connectivity index is 0.000000135. The number of fused-ring (bicyclic) bond motifs is 16. The summed E-state index contributed by atoms with van der Waals surface area (Å²) >= 11 is 11.4. The standard InChI is InChI=1S/C44H27NS3.C38H23NS3/c1-2-8-32(9-3-1)45(33-20-14-28(15-21-33)30-19-25-41-38(26-30)35-10-4-6-12-39(35)46-41)34-22-16-29(17-23-34)31-18-24-37-42(27-31)48-43-36-11-5-7-13-40(36)47-44(37)43;1-2-10-26(11-3-1)39(28-18-20-35-32(23-28)29-13-4-6-15-33(29)40-35)27-12-8-9-24(21-27)25-17-19-31-36(22-25)42-37-30-14-5-7-16-34(30)41-38(31)37/h1-27H;1-23H. The number of hydrogen-bond donors (Lipinski definition) is 0. The number of nitrogens with zero attached hydrogens (tertiary/aromatic N) is 2. The van der Waals surface area contributed by atoms with E-state index >= 15 is 0 Å². The maximum Gasteiger partial charge on any atom is 0.0542 e. The molecular formula is C82H50N2S6. The van der Waals surface area contributed by atoms with Crippen molar-refractivity contribution in [1.82, 2.24) is 0 Å². The van der Waals surface area contributed by atoms with Gasteiger partial charge in [-0.05, 0) is 161 Å². The Hall–Kier alpha value is -9.74. The Morgan fingerprint density at radius 2 is 0.467 bits per heavy atom. The molecule has 19 rings (SSSR count). The summed E-state index contributed by atoms with van der Waals surface area (Å²) in [7, 11) is 0. The summed E-state index contributed by atoms with van der Waals surface area (Å²) in [6.45, 7) is 0. The van der Waals surface area contributed by atoms with Gasteiger partial charge < -0.3 is 9.80 Å². The monoisotopic (exact) mass is 1250 g/mol. The number of thiophene rings is 6. The number of para-hydroxylation sites is 2. The van der Waals surface area contributed by atoms with Crippen LogP contribution >= 0.6 is 68.0 Å². The third-order valence-corrected chi connectivity index (χ3v) is 24.7. The zero-order chi connectivity index (χ0) is 59.2.